The van der Waals surface area contributed by atoms with Crippen LogP contribution in [0.4, 0.5) is 17.3 Å². The van der Waals surface area contributed by atoms with Crippen molar-refractivity contribution in [3.05, 3.63) is 76.6 Å². The van der Waals surface area contributed by atoms with Crippen molar-refractivity contribution < 1.29 is 0 Å². The molecule has 4 nitrogen and oxygen atoms in total. The Morgan fingerprint density at radius 1 is 0.875 bits per heavy atom. The summed E-state index contributed by atoms with van der Waals surface area (Å²) in [6.45, 7) is 4.68. The molecule has 24 heavy (non-hydrogen) atoms. The summed E-state index contributed by atoms with van der Waals surface area (Å²) in [7, 11) is 0. The smallest absolute Gasteiger partial charge is 0.136 e. The summed E-state index contributed by atoms with van der Waals surface area (Å²) in [4.78, 5) is 8.86. The Labute approximate surface area is 146 Å². The van der Waals surface area contributed by atoms with E-state index in [4.69, 9.17) is 11.6 Å². The van der Waals surface area contributed by atoms with Crippen LogP contribution in [-0.4, -0.2) is 9.97 Å². The van der Waals surface area contributed by atoms with Crippen molar-refractivity contribution in [2.75, 3.05) is 10.6 Å². The first-order chi connectivity index (χ1) is 11.6. The molecule has 0 atom stereocenters. The molecule has 3 aromatic rings. The standard InChI is InChI=1S/C19H19ClN4/c1-13-3-5-15(6-4-13)12-21-18-11-19(23-14(2)22-18)24-17-9-7-16(20)8-10-17/h3-11H,12H2,1-2H3,(H2,21,22,23,24). The molecule has 122 valence electrons. The van der Waals surface area contributed by atoms with Crippen LogP contribution in [0.2, 0.25) is 5.02 Å². The molecule has 0 saturated heterocycles. The quantitative estimate of drug-likeness (QED) is 0.679. The molecule has 0 fully saturated rings. The molecule has 0 saturated carbocycles. The molecule has 0 spiro atoms. The Bertz CT molecular complexity index is 814. The zero-order chi connectivity index (χ0) is 16.9. The van der Waals surface area contributed by atoms with E-state index in [2.05, 4.69) is 51.8 Å². The molecule has 0 amide bonds. The number of hydrogen-bond donors (Lipinski definition) is 2. The average molecular weight is 339 g/mol. The molecular formula is C19H19ClN4. The third-order valence-electron chi connectivity index (χ3n) is 3.55. The monoisotopic (exact) mass is 338 g/mol. The van der Waals surface area contributed by atoms with Gasteiger partial charge in [-0.1, -0.05) is 41.4 Å². The van der Waals surface area contributed by atoms with Gasteiger partial charge < -0.3 is 10.6 Å². The summed E-state index contributed by atoms with van der Waals surface area (Å²) in [6.07, 6.45) is 0. The van der Waals surface area contributed by atoms with Crippen molar-refractivity contribution in [1.29, 1.82) is 0 Å². The van der Waals surface area contributed by atoms with Crippen LogP contribution >= 0.6 is 11.6 Å². The zero-order valence-corrected chi connectivity index (χ0v) is 14.4. The fourth-order valence-corrected chi connectivity index (χ4v) is 2.43. The van der Waals surface area contributed by atoms with Crippen LogP contribution in [0, 0.1) is 13.8 Å². The topological polar surface area (TPSA) is 49.8 Å². The van der Waals surface area contributed by atoms with E-state index in [9.17, 15) is 0 Å². The Kier molecular flexibility index (Phi) is 4.96. The number of benzene rings is 2. The second kappa shape index (κ2) is 7.32. The lowest BCUT2D eigenvalue weighted by molar-refractivity contribution is 1.02. The average Bonchev–Trinajstić information content (AvgIpc) is 2.56. The summed E-state index contributed by atoms with van der Waals surface area (Å²) in [5, 5.41) is 7.32. The number of aromatic nitrogens is 2. The minimum Gasteiger partial charge on any atom is -0.366 e. The van der Waals surface area contributed by atoms with E-state index in [1.807, 2.05) is 37.3 Å². The van der Waals surface area contributed by atoms with Crippen LogP contribution in [0.5, 0.6) is 0 Å². The molecule has 5 heteroatoms. The van der Waals surface area contributed by atoms with E-state index >= 15 is 0 Å². The van der Waals surface area contributed by atoms with Gasteiger partial charge in [0.1, 0.15) is 17.5 Å². The van der Waals surface area contributed by atoms with Crippen LogP contribution in [0.15, 0.2) is 54.6 Å². The second-order valence-corrected chi connectivity index (χ2v) is 6.09. The normalized spacial score (nSPS) is 10.5. The molecule has 0 radical (unpaired) electrons. The minimum absolute atomic E-state index is 0.708. The highest BCUT2D eigenvalue weighted by Crippen LogP contribution is 2.20. The van der Waals surface area contributed by atoms with Crippen molar-refractivity contribution in [3.63, 3.8) is 0 Å². The molecule has 0 aliphatic heterocycles. The van der Waals surface area contributed by atoms with E-state index < -0.39 is 0 Å². The molecule has 2 aromatic carbocycles. The maximum atomic E-state index is 5.91. The van der Waals surface area contributed by atoms with Crippen LogP contribution < -0.4 is 10.6 Å². The predicted octanol–water partition coefficient (Wildman–Crippen LogP) is 5.10. The maximum absolute atomic E-state index is 5.91. The van der Waals surface area contributed by atoms with Gasteiger partial charge >= 0.3 is 0 Å². The van der Waals surface area contributed by atoms with Gasteiger partial charge in [0.25, 0.3) is 0 Å². The number of nitrogens with one attached hydrogen (secondary N) is 2. The SMILES string of the molecule is Cc1ccc(CNc2cc(Nc3ccc(Cl)cc3)nc(C)n2)cc1. The second-order valence-electron chi connectivity index (χ2n) is 5.66. The van der Waals surface area contributed by atoms with Gasteiger partial charge in [-0.25, -0.2) is 9.97 Å². The number of nitrogens with zero attached hydrogens (tertiary/aromatic N) is 2. The molecule has 1 heterocycles. The summed E-state index contributed by atoms with van der Waals surface area (Å²) < 4.78 is 0. The number of hydrogen-bond acceptors (Lipinski definition) is 4. The van der Waals surface area contributed by atoms with Gasteiger partial charge in [0.05, 0.1) is 0 Å². The third kappa shape index (κ3) is 4.46. The Morgan fingerprint density at radius 3 is 2.25 bits per heavy atom. The highest BCUT2D eigenvalue weighted by molar-refractivity contribution is 6.30. The summed E-state index contributed by atoms with van der Waals surface area (Å²) >= 11 is 5.91. The molecule has 0 aliphatic carbocycles. The van der Waals surface area contributed by atoms with Crippen LogP contribution in [0.3, 0.4) is 0 Å². The number of aryl methyl sites for hydroxylation is 2. The highest BCUT2D eigenvalue weighted by Gasteiger charge is 2.03. The van der Waals surface area contributed by atoms with Crippen molar-refractivity contribution >= 4 is 28.9 Å². The summed E-state index contributed by atoms with van der Waals surface area (Å²) in [5.74, 6) is 2.25. The van der Waals surface area contributed by atoms with Crippen molar-refractivity contribution in [1.82, 2.24) is 9.97 Å². The van der Waals surface area contributed by atoms with Crippen molar-refractivity contribution in [3.8, 4) is 0 Å². The van der Waals surface area contributed by atoms with E-state index in [1.165, 1.54) is 11.1 Å². The molecule has 0 unspecified atom stereocenters. The van der Waals surface area contributed by atoms with Crippen molar-refractivity contribution in [2.45, 2.75) is 20.4 Å². The lowest BCUT2D eigenvalue weighted by Gasteiger charge is -2.10. The predicted molar refractivity (Wildman–Crippen MR) is 100 cm³/mol. The van der Waals surface area contributed by atoms with Gasteiger partial charge in [-0.05, 0) is 43.7 Å². The van der Waals surface area contributed by atoms with E-state index in [-0.39, 0.29) is 0 Å². The van der Waals surface area contributed by atoms with Gasteiger partial charge in [0.2, 0.25) is 0 Å². The van der Waals surface area contributed by atoms with Gasteiger partial charge in [-0.2, -0.15) is 0 Å². The van der Waals surface area contributed by atoms with E-state index in [0.717, 1.165) is 23.9 Å². The van der Waals surface area contributed by atoms with Gasteiger partial charge in [0, 0.05) is 23.3 Å². The molecule has 1 aromatic heterocycles. The molecule has 3 rings (SSSR count). The molecule has 2 N–H and O–H groups in total. The Morgan fingerprint density at radius 2 is 1.54 bits per heavy atom. The fourth-order valence-electron chi connectivity index (χ4n) is 2.30. The van der Waals surface area contributed by atoms with Gasteiger partial charge in [-0.3, -0.25) is 0 Å². The third-order valence-corrected chi connectivity index (χ3v) is 3.80. The first kappa shape index (κ1) is 16.3. The lowest BCUT2D eigenvalue weighted by atomic mass is 10.1. The molecule has 0 bridgehead atoms. The molecular weight excluding hydrogens is 320 g/mol. The largest absolute Gasteiger partial charge is 0.366 e. The molecule has 0 aliphatic rings. The van der Waals surface area contributed by atoms with Crippen LogP contribution in [0.1, 0.15) is 17.0 Å². The Hall–Kier alpha value is -2.59. The number of halogens is 1. The van der Waals surface area contributed by atoms with Crippen molar-refractivity contribution in [2.24, 2.45) is 0 Å². The Balaban J connectivity index is 1.71. The summed E-state index contributed by atoms with van der Waals surface area (Å²) in [5.41, 5.74) is 3.40. The van der Waals surface area contributed by atoms with Crippen LogP contribution in [-0.2, 0) is 6.54 Å². The first-order valence-electron chi connectivity index (χ1n) is 7.76. The summed E-state index contributed by atoms with van der Waals surface area (Å²) in [6, 6.07) is 17.9. The number of anilines is 3. The first-order valence-corrected chi connectivity index (χ1v) is 8.14. The lowest BCUT2D eigenvalue weighted by Crippen LogP contribution is -2.05. The van der Waals surface area contributed by atoms with Gasteiger partial charge in [0.15, 0.2) is 0 Å². The van der Waals surface area contributed by atoms with Crippen LogP contribution in [0.25, 0.3) is 0 Å². The number of rotatable bonds is 5. The maximum Gasteiger partial charge on any atom is 0.136 e. The fraction of sp³-hybridized carbons (Fsp3) is 0.158. The highest BCUT2D eigenvalue weighted by atomic mass is 35.5. The minimum atomic E-state index is 0.708. The van der Waals surface area contributed by atoms with E-state index in [1.54, 1.807) is 0 Å². The van der Waals surface area contributed by atoms with E-state index in [0.29, 0.717) is 10.8 Å². The zero-order valence-electron chi connectivity index (χ0n) is 13.7. The van der Waals surface area contributed by atoms with Gasteiger partial charge in [-0.15, -0.1) is 0 Å².